The fourth-order valence-electron chi connectivity index (χ4n) is 3.80. The van der Waals surface area contributed by atoms with E-state index in [4.69, 9.17) is 9.47 Å². The predicted molar refractivity (Wildman–Crippen MR) is 129 cm³/mol. The molecule has 1 heterocycles. The van der Waals surface area contributed by atoms with Crippen molar-refractivity contribution in [3.8, 4) is 11.5 Å². The molecule has 6 nitrogen and oxygen atoms in total. The number of Topliss-reactive ketones (excluding diaryl/α,β-unsaturated/α-hetero) is 1. The summed E-state index contributed by atoms with van der Waals surface area (Å²) in [6, 6.07) is 20.3. The van der Waals surface area contributed by atoms with Crippen molar-refractivity contribution in [3.63, 3.8) is 0 Å². The Morgan fingerprint density at radius 1 is 0.882 bits per heavy atom. The van der Waals surface area contributed by atoms with Gasteiger partial charge in [0.05, 0.1) is 5.92 Å². The van der Waals surface area contributed by atoms with Crippen LogP contribution in [0.2, 0.25) is 0 Å². The van der Waals surface area contributed by atoms with Crippen LogP contribution >= 0.6 is 0 Å². The summed E-state index contributed by atoms with van der Waals surface area (Å²) in [4.78, 5) is 39.0. The molecular weight excluding hydrogens is 430 g/mol. The number of ether oxygens (including phenoxy) is 2. The Bertz CT molecular complexity index is 1210. The van der Waals surface area contributed by atoms with Crippen molar-refractivity contribution in [2.45, 2.75) is 27.2 Å². The number of nitrogens with zero attached hydrogens (tertiary/aromatic N) is 1. The fraction of sp³-hybridized carbons (Fsp3) is 0.250. The summed E-state index contributed by atoms with van der Waals surface area (Å²) < 4.78 is 11.1. The summed E-state index contributed by atoms with van der Waals surface area (Å²) >= 11 is 0. The first-order valence-electron chi connectivity index (χ1n) is 11.2. The minimum absolute atomic E-state index is 0.0539. The van der Waals surface area contributed by atoms with Crippen molar-refractivity contribution >= 4 is 23.3 Å². The summed E-state index contributed by atoms with van der Waals surface area (Å²) in [6.07, 6.45) is 0.0539. The molecule has 3 aromatic rings. The lowest BCUT2D eigenvalue weighted by Crippen LogP contribution is -2.27. The molecule has 3 aromatic carbocycles. The molecule has 0 N–H and O–H groups in total. The van der Waals surface area contributed by atoms with Gasteiger partial charge in [0.25, 0.3) is 0 Å². The Morgan fingerprint density at radius 2 is 1.53 bits per heavy atom. The van der Waals surface area contributed by atoms with Gasteiger partial charge in [-0.05, 0) is 74.4 Å². The number of aryl methyl sites for hydroxylation is 3. The van der Waals surface area contributed by atoms with Crippen LogP contribution in [0.3, 0.4) is 0 Å². The minimum atomic E-state index is -0.608. The molecule has 34 heavy (non-hydrogen) atoms. The van der Waals surface area contributed by atoms with Gasteiger partial charge in [-0.2, -0.15) is 0 Å². The number of rotatable bonds is 7. The molecule has 0 unspecified atom stereocenters. The van der Waals surface area contributed by atoms with Gasteiger partial charge in [-0.25, -0.2) is 0 Å². The second-order valence-electron chi connectivity index (χ2n) is 8.64. The van der Waals surface area contributed by atoms with Crippen molar-refractivity contribution in [3.05, 3.63) is 89.0 Å². The maximum atomic E-state index is 12.5. The van der Waals surface area contributed by atoms with Gasteiger partial charge in [0.1, 0.15) is 11.5 Å². The molecule has 1 fully saturated rings. The molecule has 0 aliphatic carbocycles. The Labute approximate surface area is 199 Å². The standard InChI is InChI=1S/C28H27NO5/c1-18-4-10-24(11-5-18)34-25-12-8-23(9-13-25)29-16-22(15-27(29)31)28(32)33-17-26(30)21-7-6-19(2)20(3)14-21/h4-14,22H,15-17H2,1-3H3/t22-/m1/s1. The van der Waals surface area contributed by atoms with Gasteiger partial charge in [-0.1, -0.05) is 29.8 Å². The first kappa shape index (κ1) is 23.2. The van der Waals surface area contributed by atoms with Crippen LogP contribution in [0.1, 0.15) is 33.5 Å². The highest BCUT2D eigenvalue weighted by Crippen LogP contribution is 2.29. The summed E-state index contributed by atoms with van der Waals surface area (Å²) in [7, 11) is 0. The quantitative estimate of drug-likeness (QED) is 0.361. The molecule has 0 saturated carbocycles. The topological polar surface area (TPSA) is 72.9 Å². The third kappa shape index (κ3) is 5.34. The van der Waals surface area contributed by atoms with E-state index in [-0.39, 0.29) is 31.3 Å². The van der Waals surface area contributed by atoms with E-state index in [9.17, 15) is 14.4 Å². The van der Waals surface area contributed by atoms with Crippen molar-refractivity contribution in [1.29, 1.82) is 0 Å². The van der Waals surface area contributed by atoms with Gasteiger partial charge in [-0.3, -0.25) is 14.4 Å². The summed E-state index contributed by atoms with van der Waals surface area (Å²) in [5.74, 6) is -0.179. The molecule has 1 aliphatic heterocycles. The molecule has 174 valence electrons. The molecule has 6 heteroatoms. The highest BCUT2D eigenvalue weighted by atomic mass is 16.5. The number of hydrogen-bond acceptors (Lipinski definition) is 5. The average molecular weight is 458 g/mol. The first-order valence-corrected chi connectivity index (χ1v) is 11.2. The molecule has 0 radical (unpaired) electrons. The Morgan fingerprint density at radius 3 is 2.18 bits per heavy atom. The zero-order valence-electron chi connectivity index (χ0n) is 19.5. The van der Waals surface area contributed by atoms with E-state index < -0.39 is 11.9 Å². The minimum Gasteiger partial charge on any atom is -0.457 e. The van der Waals surface area contributed by atoms with Crippen molar-refractivity contribution in [2.75, 3.05) is 18.1 Å². The zero-order chi connectivity index (χ0) is 24.2. The number of carbonyl (C=O) groups is 3. The Kier molecular flexibility index (Phi) is 6.77. The number of anilines is 1. The van der Waals surface area contributed by atoms with Gasteiger partial charge in [-0.15, -0.1) is 0 Å². The highest BCUT2D eigenvalue weighted by Gasteiger charge is 2.36. The number of carbonyl (C=O) groups excluding carboxylic acids is 3. The van der Waals surface area contributed by atoms with E-state index in [0.29, 0.717) is 17.0 Å². The molecule has 1 atom stereocenters. The van der Waals surface area contributed by atoms with Crippen LogP contribution < -0.4 is 9.64 Å². The van der Waals surface area contributed by atoms with E-state index in [1.807, 2.05) is 51.1 Å². The largest absolute Gasteiger partial charge is 0.457 e. The highest BCUT2D eigenvalue weighted by molar-refractivity contribution is 6.01. The number of esters is 1. The van der Waals surface area contributed by atoms with Crippen LogP contribution in [0, 0.1) is 26.7 Å². The Hall–Kier alpha value is -3.93. The lowest BCUT2D eigenvalue weighted by molar-refractivity contribution is -0.147. The summed E-state index contributed by atoms with van der Waals surface area (Å²) in [5, 5.41) is 0. The molecule has 4 rings (SSSR count). The predicted octanol–water partition coefficient (Wildman–Crippen LogP) is 5.18. The van der Waals surface area contributed by atoms with Gasteiger partial charge in [0, 0.05) is 24.2 Å². The molecule has 1 aliphatic rings. The van der Waals surface area contributed by atoms with E-state index in [1.54, 1.807) is 41.3 Å². The summed E-state index contributed by atoms with van der Waals surface area (Å²) in [6.45, 7) is 5.79. The van der Waals surface area contributed by atoms with Crippen LogP contribution in [0.5, 0.6) is 11.5 Å². The van der Waals surface area contributed by atoms with Crippen molar-refractivity contribution < 1.29 is 23.9 Å². The monoisotopic (exact) mass is 457 g/mol. The van der Waals surface area contributed by atoms with E-state index in [1.165, 1.54) is 0 Å². The number of amides is 1. The Balaban J connectivity index is 1.33. The molecule has 1 saturated heterocycles. The normalized spacial score (nSPS) is 15.3. The maximum absolute atomic E-state index is 12.5. The maximum Gasteiger partial charge on any atom is 0.311 e. The lowest BCUT2D eigenvalue weighted by Gasteiger charge is -2.17. The van der Waals surface area contributed by atoms with Crippen LogP contribution in [-0.4, -0.2) is 30.8 Å². The van der Waals surface area contributed by atoms with Gasteiger partial charge >= 0.3 is 5.97 Å². The third-order valence-electron chi connectivity index (χ3n) is 6.04. The zero-order valence-corrected chi connectivity index (χ0v) is 19.5. The van der Waals surface area contributed by atoms with Crippen LogP contribution in [0.4, 0.5) is 5.69 Å². The average Bonchev–Trinajstić information content (AvgIpc) is 3.22. The van der Waals surface area contributed by atoms with Gasteiger partial charge in [0.15, 0.2) is 12.4 Å². The van der Waals surface area contributed by atoms with Crippen LogP contribution in [0.15, 0.2) is 66.7 Å². The molecular formula is C28H27NO5. The lowest BCUT2D eigenvalue weighted by atomic mass is 10.0. The third-order valence-corrected chi connectivity index (χ3v) is 6.04. The number of benzene rings is 3. The van der Waals surface area contributed by atoms with Gasteiger partial charge in [0.2, 0.25) is 5.91 Å². The molecule has 0 aromatic heterocycles. The SMILES string of the molecule is Cc1ccc(Oc2ccc(N3C[C@H](C(=O)OCC(=O)c4ccc(C)c(C)c4)CC3=O)cc2)cc1. The van der Waals surface area contributed by atoms with E-state index in [0.717, 1.165) is 22.4 Å². The van der Waals surface area contributed by atoms with Gasteiger partial charge < -0.3 is 14.4 Å². The second-order valence-corrected chi connectivity index (χ2v) is 8.64. The van der Waals surface area contributed by atoms with Crippen molar-refractivity contribution in [2.24, 2.45) is 5.92 Å². The number of ketones is 1. The summed E-state index contributed by atoms with van der Waals surface area (Å²) in [5.41, 5.74) is 4.44. The fourth-order valence-corrected chi connectivity index (χ4v) is 3.80. The number of hydrogen-bond donors (Lipinski definition) is 0. The smallest absolute Gasteiger partial charge is 0.311 e. The van der Waals surface area contributed by atoms with E-state index >= 15 is 0 Å². The first-order chi connectivity index (χ1) is 16.3. The molecule has 1 amide bonds. The van der Waals surface area contributed by atoms with Crippen LogP contribution in [-0.2, 0) is 14.3 Å². The van der Waals surface area contributed by atoms with Crippen LogP contribution in [0.25, 0.3) is 0 Å². The second kappa shape index (κ2) is 9.91. The van der Waals surface area contributed by atoms with Crippen molar-refractivity contribution in [1.82, 2.24) is 0 Å². The van der Waals surface area contributed by atoms with E-state index in [2.05, 4.69) is 0 Å². The molecule has 0 bridgehead atoms. The molecule has 0 spiro atoms.